The molecule has 74 valence electrons. The predicted molar refractivity (Wildman–Crippen MR) is 48.3 cm³/mol. The topological polar surface area (TPSA) is 49.8 Å². The first kappa shape index (κ1) is 10.9. The molecule has 2 nitrogen and oxygen atoms in total. The molecule has 2 N–H and O–H groups in total. The van der Waals surface area contributed by atoms with E-state index in [1.54, 1.807) is 6.07 Å². The van der Waals surface area contributed by atoms with E-state index in [0.717, 1.165) is 6.07 Å². The number of nitriles is 1. The molecule has 0 saturated carbocycles. The summed E-state index contributed by atoms with van der Waals surface area (Å²) in [6.07, 6.45) is -4.56. The molecule has 0 aliphatic heterocycles. The van der Waals surface area contributed by atoms with Crippen molar-refractivity contribution < 1.29 is 13.2 Å². The zero-order valence-corrected chi connectivity index (χ0v) is 8.28. The zero-order valence-electron chi connectivity index (χ0n) is 6.69. The van der Waals surface area contributed by atoms with Crippen molar-refractivity contribution in [2.24, 2.45) is 0 Å². The molecule has 0 saturated heterocycles. The number of nitrogen functional groups attached to an aromatic ring is 1. The fraction of sp³-hybridized carbons (Fsp3) is 0.125. The van der Waals surface area contributed by atoms with Crippen LogP contribution < -0.4 is 5.73 Å². The van der Waals surface area contributed by atoms with Gasteiger partial charge in [-0.05, 0) is 28.1 Å². The van der Waals surface area contributed by atoms with Gasteiger partial charge in [0, 0.05) is 10.2 Å². The molecule has 0 aliphatic carbocycles. The number of nitrogens with zero attached hydrogens (tertiary/aromatic N) is 1. The number of rotatable bonds is 0. The van der Waals surface area contributed by atoms with Gasteiger partial charge in [0.2, 0.25) is 0 Å². The third-order valence-electron chi connectivity index (χ3n) is 1.58. The van der Waals surface area contributed by atoms with E-state index in [-0.39, 0.29) is 10.0 Å². The Hall–Kier alpha value is -1.22. The number of hydrogen-bond acceptors (Lipinski definition) is 2. The van der Waals surface area contributed by atoms with Crippen molar-refractivity contribution in [2.75, 3.05) is 5.73 Å². The quantitative estimate of drug-likeness (QED) is 0.733. The molecule has 6 heteroatoms. The lowest BCUT2D eigenvalue weighted by Gasteiger charge is -2.12. The summed E-state index contributed by atoms with van der Waals surface area (Å²) < 4.78 is 36.9. The number of halogens is 4. The molecule has 0 aliphatic rings. The van der Waals surface area contributed by atoms with Crippen LogP contribution in [0.1, 0.15) is 11.1 Å². The molecule has 0 amide bonds. The van der Waals surface area contributed by atoms with Crippen molar-refractivity contribution >= 4 is 21.6 Å². The second kappa shape index (κ2) is 3.50. The average molecular weight is 265 g/mol. The average Bonchev–Trinajstić information content (AvgIpc) is 2.02. The van der Waals surface area contributed by atoms with Crippen LogP contribution in [-0.4, -0.2) is 0 Å². The molecule has 0 aromatic heterocycles. The second-order valence-electron chi connectivity index (χ2n) is 2.50. The molecule has 1 aromatic carbocycles. The zero-order chi connectivity index (χ0) is 10.9. The van der Waals surface area contributed by atoms with Crippen molar-refractivity contribution in [3.63, 3.8) is 0 Å². The summed E-state index contributed by atoms with van der Waals surface area (Å²) in [5.41, 5.74) is 3.68. The van der Waals surface area contributed by atoms with Gasteiger partial charge < -0.3 is 5.73 Å². The third kappa shape index (κ3) is 1.82. The molecule has 0 radical (unpaired) electrons. The number of alkyl halides is 3. The Balaban J connectivity index is 3.50. The summed E-state index contributed by atoms with van der Waals surface area (Å²) in [5, 5.41) is 8.51. The molecule has 0 heterocycles. The van der Waals surface area contributed by atoms with Crippen molar-refractivity contribution in [3.05, 3.63) is 27.7 Å². The fourth-order valence-corrected chi connectivity index (χ4v) is 1.64. The van der Waals surface area contributed by atoms with Gasteiger partial charge in [-0.25, -0.2) is 0 Å². The van der Waals surface area contributed by atoms with Crippen LogP contribution in [0, 0.1) is 11.3 Å². The highest BCUT2D eigenvalue weighted by molar-refractivity contribution is 9.10. The standard InChI is InChI=1S/C8H4BrF3N2/c9-7-4(3-13)1-2-5(14)6(7)8(10,11)12/h1-2H,14H2. The molecule has 1 rings (SSSR count). The summed E-state index contributed by atoms with van der Waals surface area (Å²) in [6, 6.07) is 3.92. The van der Waals surface area contributed by atoms with E-state index in [0.29, 0.717) is 0 Å². The minimum Gasteiger partial charge on any atom is -0.398 e. The van der Waals surface area contributed by atoms with Crippen LogP contribution in [0.2, 0.25) is 0 Å². The van der Waals surface area contributed by atoms with Crippen molar-refractivity contribution in [3.8, 4) is 6.07 Å². The number of hydrogen-bond donors (Lipinski definition) is 1. The van der Waals surface area contributed by atoms with Crippen LogP contribution in [0.5, 0.6) is 0 Å². The van der Waals surface area contributed by atoms with Crippen molar-refractivity contribution in [1.29, 1.82) is 5.26 Å². The van der Waals surface area contributed by atoms with E-state index in [1.807, 2.05) is 0 Å². The number of benzene rings is 1. The van der Waals surface area contributed by atoms with Gasteiger partial charge in [0.1, 0.15) is 6.07 Å². The molecule has 0 unspecified atom stereocenters. The van der Waals surface area contributed by atoms with Gasteiger partial charge >= 0.3 is 6.18 Å². The molecule has 0 bridgehead atoms. The first-order chi connectivity index (χ1) is 6.38. The van der Waals surface area contributed by atoms with Crippen LogP contribution in [-0.2, 0) is 6.18 Å². The first-order valence-corrected chi connectivity index (χ1v) is 4.22. The molecular weight excluding hydrogens is 261 g/mol. The largest absolute Gasteiger partial charge is 0.419 e. The fourth-order valence-electron chi connectivity index (χ4n) is 0.965. The molecule has 0 fully saturated rings. The van der Waals surface area contributed by atoms with Gasteiger partial charge in [-0.15, -0.1) is 0 Å². The number of anilines is 1. The Morgan fingerprint density at radius 3 is 2.36 bits per heavy atom. The summed E-state index contributed by atoms with van der Waals surface area (Å²) in [4.78, 5) is 0. The molecule has 0 spiro atoms. The Morgan fingerprint density at radius 1 is 1.36 bits per heavy atom. The maximum atomic E-state index is 12.4. The van der Waals surface area contributed by atoms with E-state index < -0.39 is 17.4 Å². The van der Waals surface area contributed by atoms with Crippen LogP contribution >= 0.6 is 15.9 Å². The van der Waals surface area contributed by atoms with Crippen LogP contribution in [0.15, 0.2) is 16.6 Å². The third-order valence-corrected chi connectivity index (χ3v) is 2.40. The Morgan fingerprint density at radius 2 is 1.93 bits per heavy atom. The minimum atomic E-state index is -4.56. The first-order valence-electron chi connectivity index (χ1n) is 3.43. The SMILES string of the molecule is N#Cc1ccc(N)c(C(F)(F)F)c1Br. The predicted octanol–water partition coefficient (Wildman–Crippen LogP) is 2.92. The van der Waals surface area contributed by atoms with E-state index in [2.05, 4.69) is 15.9 Å². The monoisotopic (exact) mass is 264 g/mol. The Labute approximate surface area is 86.3 Å². The van der Waals surface area contributed by atoms with Crippen molar-refractivity contribution in [2.45, 2.75) is 6.18 Å². The van der Waals surface area contributed by atoms with Gasteiger partial charge in [0.05, 0.1) is 11.1 Å². The van der Waals surface area contributed by atoms with Gasteiger partial charge in [-0.2, -0.15) is 18.4 Å². The van der Waals surface area contributed by atoms with Gasteiger partial charge in [-0.1, -0.05) is 0 Å². The highest BCUT2D eigenvalue weighted by atomic mass is 79.9. The van der Waals surface area contributed by atoms with Crippen LogP contribution in [0.3, 0.4) is 0 Å². The van der Waals surface area contributed by atoms with E-state index in [9.17, 15) is 13.2 Å². The lowest BCUT2D eigenvalue weighted by Crippen LogP contribution is -2.10. The highest BCUT2D eigenvalue weighted by Crippen LogP contribution is 2.40. The summed E-state index contributed by atoms with van der Waals surface area (Å²) in [7, 11) is 0. The van der Waals surface area contributed by atoms with Gasteiger partial charge in [0.15, 0.2) is 0 Å². The summed E-state index contributed by atoms with van der Waals surface area (Å²) in [5.74, 6) is 0. The summed E-state index contributed by atoms with van der Waals surface area (Å²) >= 11 is 2.71. The number of nitrogens with two attached hydrogens (primary N) is 1. The Kier molecular flexibility index (Phi) is 2.71. The molecular formula is C8H4BrF3N2. The minimum absolute atomic E-state index is 0.0912. The van der Waals surface area contributed by atoms with E-state index >= 15 is 0 Å². The van der Waals surface area contributed by atoms with Gasteiger partial charge in [-0.3, -0.25) is 0 Å². The maximum absolute atomic E-state index is 12.4. The smallest absolute Gasteiger partial charge is 0.398 e. The molecule has 14 heavy (non-hydrogen) atoms. The Bertz CT molecular complexity index is 406. The summed E-state index contributed by atoms with van der Waals surface area (Å²) in [6.45, 7) is 0. The maximum Gasteiger partial charge on any atom is 0.419 e. The van der Waals surface area contributed by atoms with E-state index in [4.69, 9.17) is 11.0 Å². The molecule has 0 atom stereocenters. The van der Waals surface area contributed by atoms with Crippen LogP contribution in [0.4, 0.5) is 18.9 Å². The second-order valence-corrected chi connectivity index (χ2v) is 3.29. The van der Waals surface area contributed by atoms with Crippen LogP contribution in [0.25, 0.3) is 0 Å². The van der Waals surface area contributed by atoms with E-state index in [1.165, 1.54) is 6.07 Å². The molecule has 1 aromatic rings. The highest BCUT2D eigenvalue weighted by Gasteiger charge is 2.36. The van der Waals surface area contributed by atoms with Gasteiger partial charge in [0.25, 0.3) is 0 Å². The van der Waals surface area contributed by atoms with Crippen molar-refractivity contribution in [1.82, 2.24) is 0 Å². The normalized spacial score (nSPS) is 11.1. The lowest BCUT2D eigenvalue weighted by atomic mass is 10.1. The lowest BCUT2D eigenvalue weighted by molar-refractivity contribution is -0.137.